The monoisotopic (exact) mass is 337 g/mol. The van der Waals surface area contributed by atoms with Crippen LogP contribution in [-0.2, 0) is 0 Å². The van der Waals surface area contributed by atoms with Gasteiger partial charge in [-0.05, 0) is 68.6 Å². The smallest absolute Gasteiger partial charge is 0.231 e. The third kappa shape index (κ3) is 2.63. The van der Waals surface area contributed by atoms with Gasteiger partial charge in [-0.2, -0.15) is 0 Å². The molecule has 3 fully saturated rings. The predicted octanol–water partition coefficient (Wildman–Crippen LogP) is 3.37. The zero-order chi connectivity index (χ0) is 16.8. The first kappa shape index (κ1) is 15.0. The van der Waals surface area contributed by atoms with Gasteiger partial charge in [0.2, 0.25) is 6.79 Å². The summed E-state index contributed by atoms with van der Waals surface area (Å²) in [4.78, 5) is 7.25. The zero-order valence-electron chi connectivity index (χ0n) is 14.4. The molecule has 1 aromatic heterocycles. The number of aromatic nitrogens is 1. The van der Waals surface area contributed by atoms with Crippen molar-refractivity contribution in [3.8, 4) is 22.6 Å². The number of benzene rings is 1. The van der Waals surface area contributed by atoms with Crippen LogP contribution >= 0.6 is 0 Å². The van der Waals surface area contributed by atoms with E-state index in [2.05, 4.69) is 34.3 Å². The lowest BCUT2D eigenvalue weighted by Crippen LogP contribution is -2.59. The number of nitrogens with zero attached hydrogens (tertiary/aromatic N) is 2. The molecule has 1 aromatic carbocycles. The van der Waals surface area contributed by atoms with Crippen LogP contribution in [-0.4, -0.2) is 41.9 Å². The Balaban J connectivity index is 1.33. The fourth-order valence-electron chi connectivity index (χ4n) is 4.44. The largest absolute Gasteiger partial charge is 0.454 e. The molecule has 0 unspecified atom stereocenters. The summed E-state index contributed by atoms with van der Waals surface area (Å²) in [7, 11) is 0. The lowest BCUT2D eigenvalue weighted by Gasteiger charge is -2.50. The standard InChI is InChI=1S/C20H23N3O2/c1-13-20(14-6-8-23(13)9-7-14)22-19-5-3-16(11-21-19)15-2-4-17-18(10-15)25-12-24-17/h2-5,10-11,13-14,20H,6-9,12H2,1H3,(H,21,22)/t13-,20-/m1/s1. The Labute approximate surface area is 148 Å². The van der Waals surface area contributed by atoms with E-state index in [1.54, 1.807) is 0 Å². The fourth-order valence-corrected chi connectivity index (χ4v) is 4.44. The predicted molar refractivity (Wildman–Crippen MR) is 97.0 cm³/mol. The molecule has 0 spiro atoms. The van der Waals surface area contributed by atoms with Gasteiger partial charge in [0, 0.05) is 23.8 Å². The van der Waals surface area contributed by atoms with Crippen molar-refractivity contribution in [1.82, 2.24) is 9.88 Å². The molecular weight excluding hydrogens is 314 g/mol. The molecule has 130 valence electrons. The lowest BCUT2D eigenvalue weighted by molar-refractivity contribution is 0.0457. The number of fused-ring (bicyclic) bond motifs is 4. The Morgan fingerprint density at radius 1 is 1.04 bits per heavy atom. The van der Waals surface area contributed by atoms with Gasteiger partial charge in [-0.15, -0.1) is 0 Å². The molecule has 4 aliphatic heterocycles. The molecular formula is C20H23N3O2. The number of anilines is 1. The van der Waals surface area contributed by atoms with Crippen molar-refractivity contribution in [1.29, 1.82) is 0 Å². The van der Waals surface area contributed by atoms with Crippen LogP contribution in [0.5, 0.6) is 11.5 Å². The highest BCUT2D eigenvalue weighted by molar-refractivity contribution is 5.67. The Morgan fingerprint density at radius 3 is 2.60 bits per heavy atom. The van der Waals surface area contributed by atoms with Gasteiger partial charge in [0.15, 0.2) is 11.5 Å². The number of nitrogens with one attached hydrogen (secondary N) is 1. The van der Waals surface area contributed by atoms with Crippen LogP contribution in [0.3, 0.4) is 0 Å². The average Bonchev–Trinajstić information content (AvgIpc) is 3.13. The maximum absolute atomic E-state index is 5.47. The van der Waals surface area contributed by atoms with Crippen molar-refractivity contribution in [3.05, 3.63) is 36.5 Å². The molecule has 1 N–H and O–H groups in total. The van der Waals surface area contributed by atoms with E-state index < -0.39 is 0 Å². The number of hydrogen-bond acceptors (Lipinski definition) is 5. The second-order valence-corrected chi connectivity index (χ2v) is 7.28. The normalized spacial score (nSPS) is 29.6. The molecule has 2 aromatic rings. The molecule has 0 amide bonds. The molecule has 2 atom stereocenters. The molecule has 5 nitrogen and oxygen atoms in total. The number of ether oxygens (including phenoxy) is 2. The lowest BCUT2D eigenvalue weighted by atomic mass is 9.79. The van der Waals surface area contributed by atoms with Crippen molar-refractivity contribution in [3.63, 3.8) is 0 Å². The molecule has 25 heavy (non-hydrogen) atoms. The Hall–Kier alpha value is -2.27. The maximum atomic E-state index is 5.47. The van der Waals surface area contributed by atoms with Crippen LogP contribution in [0.4, 0.5) is 5.82 Å². The topological polar surface area (TPSA) is 46.6 Å². The van der Waals surface area contributed by atoms with Gasteiger partial charge < -0.3 is 14.8 Å². The van der Waals surface area contributed by atoms with Crippen molar-refractivity contribution in [2.75, 3.05) is 25.2 Å². The van der Waals surface area contributed by atoms with Gasteiger partial charge in [0.05, 0.1) is 0 Å². The van der Waals surface area contributed by atoms with Crippen LogP contribution in [0, 0.1) is 5.92 Å². The summed E-state index contributed by atoms with van der Waals surface area (Å²) < 4.78 is 10.8. The SMILES string of the molecule is C[C@@H]1[C@@H](Nc2ccc(-c3ccc4c(c3)OCO4)cn2)C2CCN1CC2. The minimum atomic E-state index is 0.303. The second-order valence-electron chi connectivity index (χ2n) is 7.28. The summed E-state index contributed by atoms with van der Waals surface area (Å²) in [6, 6.07) is 11.3. The molecule has 6 rings (SSSR count). The highest BCUT2D eigenvalue weighted by Gasteiger charge is 2.39. The van der Waals surface area contributed by atoms with Crippen molar-refractivity contribution >= 4 is 5.82 Å². The molecule has 3 saturated heterocycles. The van der Waals surface area contributed by atoms with Crippen molar-refractivity contribution in [2.24, 2.45) is 5.92 Å². The van der Waals surface area contributed by atoms with Crippen LogP contribution in [0.2, 0.25) is 0 Å². The van der Waals surface area contributed by atoms with E-state index in [9.17, 15) is 0 Å². The van der Waals surface area contributed by atoms with E-state index in [1.807, 2.05) is 24.4 Å². The van der Waals surface area contributed by atoms with Crippen LogP contribution < -0.4 is 14.8 Å². The Kier molecular flexibility index (Phi) is 3.55. The average molecular weight is 337 g/mol. The van der Waals surface area contributed by atoms with E-state index in [-0.39, 0.29) is 0 Å². The van der Waals surface area contributed by atoms with Gasteiger partial charge in [0.25, 0.3) is 0 Å². The van der Waals surface area contributed by atoms with Gasteiger partial charge in [-0.3, -0.25) is 4.90 Å². The van der Waals surface area contributed by atoms with Gasteiger partial charge in [-0.1, -0.05) is 6.07 Å². The van der Waals surface area contributed by atoms with E-state index >= 15 is 0 Å². The molecule has 2 bridgehead atoms. The zero-order valence-corrected chi connectivity index (χ0v) is 14.4. The number of rotatable bonds is 3. The van der Waals surface area contributed by atoms with Gasteiger partial charge >= 0.3 is 0 Å². The van der Waals surface area contributed by atoms with Crippen molar-refractivity contribution in [2.45, 2.75) is 31.8 Å². The Bertz CT molecular complexity index is 767. The summed E-state index contributed by atoms with van der Waals surface area (Å²) in [6.45, 7) is 5.14. The highest BCUT2D eigenvalue weighted by atomic mass is 16.7. The summed E-state index contributed by atoms with van der Waals surface area (Å²) >= 11 is 0. The first-order chi connectivity index (χ1) is 12.3. The number of piperidine rings is 3. The van der Waals surface area contributed by atoms with Gasteiger partial charge in [-0.25, -0.2) is 4.98 Å². The summed E-state index contributed by atoms with van der Waals surface area (Å²) in [5.74, 6) is 3.36. The third-order valence-corrected chi connectivity index (χ3v) is 5.96. The van der Waals surface area contributed by atoms with E-state index in [0.29, 0.717) is 18.9 Å². The molecule has 5 heterocycles. The molecule has 0 aliphatic carbocycles. The quantitative estimate of drug-likeness (QED) is 0.930. The highest BCUT2D eigenvalue weighted by Crippen LogP contribution is 2.36. The van der Waals surface area contributed by atoms with E-state index in [0.717, 1.165) is 34.4 Å². The van der Waals surface area contributed by atoms with Crippen LogP contribution in [0.1, 0.15) is 19.8 Å². The molecule has 4 aliphatic rings. The Morgan fingerprint density at radius 2 is 1.84 bits per heavy atom. The van der Waals surface area contributed by atoms with E-state index in [4.69, 9.17) is 9.47 Å². The minimum absolute atomic E-state index is 0.303. The minimum Gasteiger partial charge on any atom is -0.454 e. The first-order valence-corrected chi connectivity index (χ1v) is 9.14. The summed E-state index contributed by atoms with van der Waals surface area (Å²) in [5.41, 5.74) is 2.19. The van der Waals surface area contributed by atoms with Gasteiger partial charge in [0.1, 0.15) is 5.82 Å². The summed E-state index contributed by atoms with van der Waals surface area (Å²) in [6.07, 6.45) is 4.54. The van der Waals surface area contributed by atoms with Crippen molar-refractivity contribution < 1.29 is 9.47 Å². The fraction of sp³-hybridized carbons (Fsp3) is 0.450. The molecule has 0 saturated carbocycles. The molecule has 0 radical (unpaired) electrons. The molecule has 5 heteroatoms. The maximum Gasteiger partial charge on any atom is 0.231 e. The number of pyridine rings is 1. The van der Waals surface area contributed by atoms with Crippen LogP contribution in [0.15, 0.2) is 36.5 Å². The third-order valence-electron chi connectivity index (χ3n) is 5.96. The van der Waals surface area contributed by atoms with E-state index in [1.165, 1.54) is 25.9 Å². The number of hydrogen-bond donors (Lipinski definition) is 1. The first-order valence-electron chi connectivity index (χ1n) is 9.14. The second kappa shape index (κ2) is 5.92. The van der Waals surface area contributed by atoms with Crippen LogP contribution in [0.25, 0.3) is 11.1 Å². The summed E-state index contributed by atoms with van der Waals surface area (Å²) in [5, 5.41) is 3.68.